The highest BCUT2D eigenvalue weighted by atomic mass is 35.5. The molecule has 0 aliphatic carbocycles. The van der Waals surface area contributed by atoms with Crippen molar-refractivity contribution in [3.63, 3.8) is 0 Å². The first-order valence-corrected chi connectivity index (χ1v) is 14.4. The van der Waals surface area contributed by atoms with Crippen LogP contribution in [0.2, 0.25) is 5.02 Å². The Bertz CT molecular complexity index is 1460. The Balaban J connectivity index is 1.56. The van der Waals surface area contributed by atoms with E-state index in [1.165, 1.54) is 37.4 Å². The second-order valence-corrected chi connectivity index (χ2v) is 10.8. The smallest absolute Gasteiger partial charge is 0.357 e. The number of amides is 2. The number of sulfonamides is 1. The van der Waals surface area contributed by atoms with Gasteiger partial charge in [0.25, 0.3) is 21.8 Å². The number of benzene rings is 2. The third-order valence-electron chi connectivity index (χ3n) is 5.99. The molecule has 0 saturated carbocycles. The largest absolute Gasteiger partial charge is 0.496 e. The summed E-state index contributed by atoms with van der Waals surface area (Å²) >= 11 is 5.98. The van der Waals surface area contributed by atoms with Gasteiger partial charge in [-0.1, -0.05) is 37.6 Å². The molecule has 2 N–H and O–H groups in total. The van der Waals surface area contributed by atoms with Crippen molar-refractivity contribution in [2.24, 2.45) is 0 Å². The van der Waals surface area contributed by atoms with E-state index < -0.39 is 21.9 Å². The van der Waals surface area contributed by atoms with Gasteiger partial charge in [0.15, 0.2) is 0 Å². The van der Waals surface area contributed by atoms with Gasteiger partial charge >= 0.3 is 5.97 Å². The monoisotopic (exact) mass is 587 g/mol. The summed E-state index contributed by atoms with van der Waals surface area (Å²) < 4.78 is 38.0. The second-order valence-electron chi connectivity index (χ2n) is 8.71. The minimum Gasteiger partial charge on any atom is -0.496 e. The van der Waals surface area contributed by atoms with Crippen molar-refractivity contribution >= 4 is 39.4 Å². The lowest BCUT2D eigenvalue weighted by Crippen LogP contribution is -2.30. The van der Waals surface area contributed by atoms with Crippen molar-refractivity contribution in [1.29, 1.82) is 0 Å². The molecule has 212 valence electrons. The maximum atomic E-state index is 12.7. The van der Waals surface area contributed by atoms with Gasteiger partial charge in [-0.25, -0.2) is 22.9 Å². The molecule has 0 atom stereocenters. The van der Waals surface area contributed by atoms with E-state index in [0.717, 1.165) is 11.8 Å². The number of hydrogen-bond donors (Lipinski definition) is 2. The van der Waals surface area contributed by atoms with Crippen LogP contribution in [-0.4, -0.2) is 50.9 Å². The number of nitrogens with zero attached hydrogens (tertiary/aromatic N) is 1. The van der Waals surface area contributed by atoms with Crippen LogP contribution in [0.5, 0.6) is 5.75 Å². The normalized spacial score (nSPS) is 11.1. The summed E-state index contributed by atoms with van der Waals surface area (Å²) in [7, 11) is -2.71. The number of pyridine rings is 1. The van der Waals surface area contributed by atoms with Gasteiger partial charge in [0.05, 0.1) is 23.1 Å². The first kappa shape index (κ1) is 30.6. The van der Waals surface area contributed by atoms with E-state index in [1.807, 2.05) is 18.6 Å². The maximum absolute atomic E-state index is 12.7. The summed E-state index contributed by atoms with van der Waals surface area (Å²) in [6, 6.07) is 13.3. The summed E-state index contributed by atoms with van der Waals surface area (Å²) in [5.74, 6) is -1.47. The quantitative estimate of drug-likeness (QED) is 0.301. The molecule has 1 heterocycles. The fraction of sp³-hybridized carbons (Fsp3) is 0.286. The van der Waals surface area contributed by atoms with Crippen LogP contribution in [0.4, 0.5) is 0 Å². The third-order valence-corrected chi connectivity index (χ3v) is 7.57. The first-order valence-electron chi connectivity index (χ1n) is 12.5. The Kier molecular flexibility index (Phi) is 10.6. The number of esters is 1. The van der Waals surface area contributed by atoms with Crippen molar-refractivity contribution < 1.29 is 32.3 Å². The molecule has 0 spiro atoms. The number of ether oxygens (including phenoxy) is 2. The Labute approximate surface area is 238 Å². The van der Waals surface area contributed by atoms with Crippen molar-refractivity contribution in [2.75, 3.05) is 13.7 Å². The Hall–Kier alpha value is -3.96. The second kappa shape index (κ2) is 13.9. The van der Waals surface area contributed by atoms with Crippen LogP contribution in [0.1, 0.15) is 63.5 Å². The van der Waals surface area contributed by atoms with E-state index in [0.29, 0.717) is 35.6 Å². The van der Waals surface area contributed by atoms with Crippen LogP contribution in [0.3, 0.4) is 0 Å². The van der Waals surface area contributed by atoms with Crippen LogP contribution >= 0.6 is 11.6 Å². The molecule has 0 unspecified atom stereocenters. The van der Waals surface area contributed by atoms with E-state index in [4.69, 9.17) is 21.1 Å². The molecule has 0 radical (unpaired) electrons. The van der Waals surface area contributed by atoms with Gasteiger partial charge in [0.1, 0.15) is 17.5 Å². The van der Waals surface area contributed by atoms with Crippen LogP contribution in [0.25, 0.3) is 0 Å². The van der Waals surface area contributed by atoms with E-state index in [9.17, 15) is 22.8 Å². The SMILES string of the molecule is CCC(CC)OC(=O)c1ccc(C(=O)NS(=O)(=O)c2ccc(CCNC(=O)c3cc(Cl)ccc3OC)cc2)cn1. The van der Waals surface area contributed by atoms with Crippen molar-refractivity contribution in [2.45, 2.75) is 44.1 Å². The van der Waals surface area contributed by atoms with Gasteiger partial charge in [0.2, 0.25) is 0 Å². The van der Waals surface area contributed by atoms with Gasteiger partial charge in [-0.15, -0.1) is 0 Å². The summed E-state index contributed by atoms with van der Waals surface area (Å²) in [6.45, 7) is 4.08. The number of halogens is 1. The van der Waals surface area contributed by atoms with E-state index in [-0.39, 0.29) is 34.7 Å². The highest BCUT2D eigenvalue weighted by Crippen LogP contribution is 2.22. The van der Waals surface area contributed by atoms with Gasteiger partial charge in [-0.2, -0.15) is 0 Å². The zero-order valence-corrected chi connectivity index (χ0v) is 23.8. The summed E-state index contributed by atoms with van der Waals surface area (Å²) in [6.07, 6.45) is 2.64. The van der Waals surface area contributed by atoms with E-state index in [1.54, 1.807) is 24.3 Å². The highest BCUT2D eigenvalue weighted by molar-refractivity contribution is 7.90. The average Bonchev–Trinajstić information content (AvgIpc) is 2.95. The van der Waals surface area contributed by atoms with Gasteiger partial charge in [0, 0.05) is 17.8 Å². The third kappa shape index (κ3) is 8.03. The topological polar surface area (TPSA) is 141 Å². The summed E-state index contributed by atoms with van der Waals surface area (Å²) in [5.41, 5.74) is 1.05. The molecule has 3 aromatic rings. The summed E-state index contributed by atoms with van der Waals surface area (Å²) in [4.78, 5) is 41.0. The molecular weight excluding hydrogens is 558 g/mol. The van der Waals surface area contributed by atoms with Gasteiger partial charge in [-0.3, -0.25) is 9.59 Å². The van der Waals surface area contributed by atoms with Crippen LogP contribution in [-0.2, 0) is 21.2 Å². The molecule has 10 nitrogen and oxygen atoms in total. The molecule has 2 amide bonds. The Morgan fingerprint density at radius 2 is 1.68 bits per heavy atom. The minimum absolute atomic E-state index is 0.0183. The molecule has 1 aromatic heterocycles. The molecule has 0 bridgehead atoms. The first-order chi connectivity index (χ1) is 19.1. The number of rotatable bonds is 12. The minimum atomic E-state index is -4.17. The Morgan fingerprint density at radius 3 is 2.27 bits per heavy atom. The van der Waals surface area contributed by atoms with Gasteiger partial charge in [-0.05, 0) is 67.3 Å². The van der Waals surface area contributed by atoms with E-state index >= 15 is 0 Å². The van der Waals surface area contributed by atoms with Crippen LogP contribution in [0.15, 0.2) is 65.7 Å². The van der Waals surface area contributed by atoms with Gasteiger partial charge < -0.3 is 14.8 Å². The molecular formula is C28H30ClN3O7S. The molecule has 0 saturated heterocycles. The number of nitrogens with one attached hydrogen (secondary N) is 2. The van der Waals surface area contributed by atoms with Crippen LogP contribution < -0.4 is 14.8 Å². The molecule has 0 aliphatic heterocycles. The number of aromatic nitrogens is 1. The van der Waals surface area contributed by atoms with Crippen molar-refractivity contribution in [3.05, 3.63) is 88.2 Å². The van der Waals surface area contributed by atoms with E-state index in [2.05, 4.69) is 10.3 Å². The fourth-order valence-corrected chi connectivity index (χ4v) is 4.81. The number of carbonyl (C=O) groups is 3. The van der Waals surface area contributed by atoms with Crippen molar-refractivity contribution in [1.82, 2.24) is 15.0 Å². The maximum Gasteiger partial charge on any atom is 0.357 e. The zero-order valence-electron chi connectivity index (χ0n) is 22.3. The fourth-order valence-electron chi connectivity index (χ4n) is 3.66. The number of hydrogen-bond acceptors (Lipinski definition) is 8. The standard InChI is InChI=1S/C28H30ClN3O7S/c1-4-21(5-2)39-28(35)24-12-8-19(17-31-24)26(33)32-40(36,37)22-10-6-18(7-11-22)14-15-30-27(34)23-16-20(29)9-13-25(23)38-3/h6-13,16-17,21H,4-5,14-15H2,1-3H3,(H,30,34)(H,32,33). The lowest BCUT2D eigenvalue weighted by atomic mass is 10.1. The molecule has 0 aliphatic rings. The lowest BCUT2D eigenvalue weighted by Gasteiger charge is -2.13. The molecule has 3 rings (SSSR count). The average molecular weight is 588 g/mol. The zero-order chi connectivity index (χ0) is 29.3. The van der Waals surface area contributed by atoms with Crippen LogP contribution in [0, 0.1) is 0 Å². The lowest BCUT2D eigenvalue weighted by molar-refractivity contribution is 0.0277. The number of carbonyl (C=O) groups excluding carboxylic acids is 3. The molecule has 2 aromatic carbocycles. The highest BCUT2D eigenvalue weighted by Gasteiger charge is 2.20. The predicted molar refractivity (Wildman–Crippen MR) is 149 cm³/mol. The molecule has 12 heteroatoms. The Morgan fingerprint density at radius 1 is 0.975 bits per heavy atom. The number of methoxy groups -OCH3 is 1. The summed E-state index contributed by atoms with van der Waals surface area (Å²) in [5, 5.41) is 3.18. The molecule has 0 fully saturated rings. The molecule has 40 heavy (non-hydrogen) atoms. The predicted octanol–water partition coefficient (Wildman–Crippen LogP) is 4.18. The van der Waals surface area contributed by atoms with Crippen molar-refractivity contribution in [3.8, 4) is 5.75 Å².